The number of aromatic nitrogens is 3. The van der Waals surface area contributed by atoms with Crippen molar-refractivity contribution < 1.29 is 9.59 Å². The molecule has 132 valence electrons. The summed E-state index contributed by atoms with van der Waals surface area (Å²) in [5, 5.41) is 8.13. The summed E-state index contributed by atoms with van der Waals surface area (Å²) in [5.74, 6) is 0.227. The molecule has 1 atom stereocenters. The van der Waals surface area contributed by atoms with Gasteiger partial charge in [-0.2, -0.15) is 0 Å². The number of carbonyl (C=O) groups is 2. The summed E-state index contributed by atoms with van der Waals surface area (Å²) in [6.07, 6.45) is 1.54. The van der Waals surface area contributed by atoms with Crippen LogP contribution in [-0.2, 0) is 9.59 Å². The summed E-state index contributed by atoms with van der Waals surface area (Å²) in [4.78, 5) is 29.7. The number of hydrogen-bond donors (Lipinski definition) is 2. The molecule has 1 fully saturated rings. The van der Waals surface area contributed by atoms with E-state index < -0.39 is 0 Å². The van der Waals surface area contributed by atoms with Crippen molar-refractivity contribution in [2.45, 2.75) is 18.0 Å². The number of H-pyrrole nitrogens is 1. The molecule has 1 saturated heterocycles. The smallest absolute Gasteiger partial charge is 0.233 e. The molecule has 1 aromatic heterocycles. The Bertz CT molecular complexity index is 764. The van der Waals surface area contributed by atoms with Crippen molar-refractivity contribution in [1.82, 2.24) is 20.1 Å². The molecule has 3 rings (SSSR count). The van der Waals surface area contributed by atoms with E-state index in [1.165, 1.54) is 11.8 Å². The number of carbonyl (C=O) groups excluding carboxylic acids is 2. The van der Waals surface area contributed by atoms with Crippen molar-refractivity contribution in [3.8, 4) is 11.4 Å². The molecule has 0 saturated carbocycles. The number of nitrogens with two attached hydrogens (primary N) is 1. The van der Waals surface area contributed by atoms with E-state index in [0.717, 1.165) is 18.4 Å². The molecule has 25 heavy (non-hydrogen) atoms. The maximum Gasteiger partial charge on any atom is 0.233 e. The molecule has 0 aliphatic carbocycles. The van der Waals surface area contributed by atoms with Crippen molar-refractivity contribution >= 4 is 35.2 Å². The van der Waals surface area contributed by atoms with E-state index in [9.17, 15) is 9.59 Å². The number of nitrogens with one attached hydrogen (secondary N) is 1. The van der Waals surface area contributed by atoms with Crippen molar-refractivity contribution in [3.05, 3.63) is 29.3 Å². The summed E-state index contributed by atoms with van der Waals surface area (Å²) in [6.45, 7) is 1.06. The van der Waals surface area contributed by atoms with Gasteiger partial charge in [0.1, 0.15) is 0 Å². The van der Waals surface area contributed by atoms with Gasteiger partial charge in [0.2, 0.25) is 17.0 Å². The van der Waals surface area contributed by atoms with Crippen LogP contribution in [-0.4, -0.2) is 50.7 Å². The zero-order valence-corrected chi connectivity index (χ0v) is 15.0. The zero-order valence-electron chi connectivity index (χ0n) is 13.4. The van der Waals surface area contributed by atoms with Crippen LogP contribution in [0.25, 0.3) is 11.4 Å². The van der Waals surface area contributed by atoms with Gasteiger partial charge in [-0.1, -0.05) is 23.4 Å². The lowest BCUT2D eigenvalue weighted by atomic mass is 9.97. The highest BCUT2D eigenvalue weighted by Crippen LogP contribution is 2.22. The lowest BCUT2D eigenvalue weighted by Gasteiger charge is -2.31. The number of likely N-dealkylation sites (tertiary alicyclic amines) is 1. The maximum atomic E-state index is 12.3. The lowest BCUT2D eigenvalue weighted by molar-refractivity contribution is -0.132. The van der Waals surface area contributed by atoms with Crippen LogP contribution in [0.4, 0.5) is 0 Å². The highest BCUT2D eigenvalue weighted by Gasteiger charge is 2.27. The molecule has 1 aliphatic heterocycles. The molecule has 1 unspecified atom stereocenters. The standard InChI is InChI=1S/C16H18ClN5O2S/c17-12-5-3-10(4-6-12)15-19-16(21-20-15)25-9-13(23)22-7-1-2-11(8-22)14(18)24/h3-6,11H,1-2,7-9H2,(H2,18,24)(H,19,20,21). The van der Waals surface area contributed by atoms with E-state index in [1.807, 2.05) is 12.1 Å². The Balaban J connectivity index is 1.56. The highest BCUT2D eigenvalue weighted by atomic mass is 35.5. The Morgan fingerprint density at radius 2 is 2.12 bits per heavy atom. The van der Waals surface area contributed by atoms with Gasteiger partial charge in [0.25, 0.3) is 0 Å². The first kappa shape index (κ1) is 17.8. The number of hydrogen-bond acceptors (Lipinski definition) is 5. The first-order valence-electron chi connectivity index (χ1n) is 7.91. The van der Waals surface area contributed by atoms with Gasteiger partial charge < -0.3 is 10.6 Å². The summed E-state index contributed by atoms with van der Waals surface area (Å²) >= 11 is 7.13. The van der Waals surface area contributed by atoms with Crippen LogP contribution in [0, 0.1) is 5.92 Å². The van der Waals surface area contributed by atoms with Crippen LogP contribution >= 0.6 is 23.4 Å². The molecule has 1 aliphatic rings. The average molecular weight is 380 g/mol. The second-order valence-electron chi connectivity index (χ2n) is 5.84. The Kier molecular flexibility index (Phi) is 5.60. The Labute approximate surface area is 154 Å². The molecule has 2 amide bonds. The van der Waals surface area contributed by atoms with Gasteiger partial charge in [-0.3, -0.25) is 14.7 Å². The third-order valence-electron chi connectivity index (χ3n) is 4.08. The molecule has 0 radical (unpaired) electrons. The van der Waals surface area contributed by atoms with Gasteiger partial charge in [-0.05, 0) is 37.1 Å². The van der Waals surface area contributed by atoms with E-state index in [-0.39, 0.29) is 23.5 Å². The number of amides is 2. The first-order valence-corrected chi connectivity index (χ1v) is 9.27. The highest BCUT2D eigenvalue weighted by molar-refractivity contribution is 7.99. The second-order valence-corrected chi connectivity index (χ2v) is 7.22. The van der Waals surface area contributed by atoms with Crippen LogP contribution in [0.1, 0.15) is 12.8 Å². The zero-order chi connectivity index (χ0) is 17.8. The van der Waals surface area contributed by atoms with Gasteiger partial charge in [0, 0.05) is 23.7 Å². The van der Waals surface area contributed by atoms with E-state index in [2.05, 4.69) is 15.2 Å². The molecular weight excluding hydrogens is 362 g/mol. The maximum absolute atomic E-state index is 12.3. The van der Waals surface area contributed by atoms with Crippen molar-refractivity contribution in [2.24, 2.45) is 11.7 Å². The van der Waals surface area contributed by atoms with Crippen LogP contribution in [0.5, 0.6) is 0 Å². The van der Waals surface area contributed by atoms with Gasteiger partial charge >= 0.3 is 0 Å². The first-order chi connectivity index (χ1) is 12.0. The number of benzene rings is 1. The van der Waals surface area contributed by atoms with Crippen molar-refractivity contribution in [2.75, 3.05) is 18.8 Å². The van der Waals surface area contributed by atoms with Crippen LogP contribution < -0.4 is 5.73 Å². The average Bonchev–Trinajstić information content (AvgIpc) is 3.09. The minimum Gasteiger partial charge on any atom is -0.369 e. The van der Waals surface area contributed by atoms with Gasteiger partial charge in [0.05, 0.1) is 11.7 Å². The number of aromatic amines is 1. The largest absolute Gasteiger partial charge is 0.369 e. The quantitative estimate of drug-likeness (QED) is 0.772. The number of primary amides is 1. The summed E-state index contributed by atoms with van der Waals surface area (Å²) in [5.41, 5.74) is 6.22. The fraction of sp³-hybridized carbons (Fsp3) is 0.375. The van der Waals surface area contributed by atoms with Crippen LogP contribution in [0.3, 0.4) is 0 Å². The summed E-state index contributed by atoms with van der Waals surface area (Å²) in [7, 11) is 0. The molecule has 0 spiro atoms. The molecule has 2 aromatic rings. The Hall–Kier alpha value is -2.06. The van der Waals surface area contributed by atoms with Gasteiger partial charge in [0.15, 0.2) is 5.82 Å². The van der Waals surface area contributed by atoms with Gasteiger partial charge in [-0.25, -0.2) is 4.98 Å². The normalized spacial score (nSPS) is 17.5. The van der Waals surface area contributed by atoms with Gasteiger partial charge in [-0.15, -0.1) is 5.10 Å². The van der Waals surface area contributed by atoms with Crippen LogP contribution in [0.2, 0.25) is 5.02 Å². The number of piperidine rings is 1. The molecule has 7 nitrogen and oxygen atoms in total. The number of nitrogens with zero attached hydrogens (tertiary/aromatic N) is 3. The van der Waals surface area contributed by atoms with Crippen molar-refractivity contribution in [1.29, 1.82) is 0 Å². The molecule has 1 aromatic carbocycles. The van der Waals surface area contributed by atoms with Crippen molar-refractivity contribution in [3.63, 3.8) is 0 Å². The van der Waals surface area contributed by atoms with E-state index >= 15 is 0 Å². The van der Waals surface area contributed by atoms with E-state index in [4.69, 9.17) is 17.3 Å². The molecule has 2 heterocycles. The number of thioether (sulfide) groups is 1. The lowest BCUT2D eigenvalue weighted by Crippen LogP contribution is -2.44. The summed E-state index contributed by atoms with van der Waals surface area (Å²) in [6, 6.07) is 7.25. The Morgan fingerprint density at radius 1 is 1.36 bits per heavy atom. The fourth-order valence-corrected chi connectivity index (χ4v) is 3.53. The molecule has 9 heteroatoms. The number of halogens is 1. The Morgan fingerprint density at radius 3 is 2.84 bits per heavy atom. The van der Waals surface area contributed by atoms with Crippen LogP contribution in [0.15, 0.2) is 29.4 Å². The fourth-order valence-electron chi connectivity index (χ4n) is 2.70. The summed E-state index contributed by atoms with van der Waals surface area (Å²) < 4.78 is 0. The predicted octanol–water partition coefficient (Wildman–Crippen LogP) is 1.94. The minimum absolute atomic E-state index is 0.0335. The van der Waals surface area contributed by atoms with E-state index in [1.54, 1.807) is 17.0 Å². The SMILES string of the molecule is NC(=O)C1CCCN(C(=O)CSc2n[nH]c(-c3ccc(Cl)cc3)n2)C1. The third-order valence-corrected chi connectivity index (χ3v) is 5.17. The van der Waals surface area contributed by atoms with E-state index in [0.29, 0.717) is 29.1 Å². The minimum atomic E-state index is -0.341. The third kappa shape index (κ3) is 4.52. The monoisotopic (exact) mass is 379 g/mol. The predicted molar refractivity (Wildman–Crippen MR) is 96.1 cm³/mol. The topological polar surface area (TPSA) is 105 Å². The molecule has 3 N–H and O–H groups in total. The molecule has 0 bridgehead atoms. The second kappa shape index (κ2) is 7.88. The molecular formula is C16H18ClN5O2S. The number of rotatable bonds is 5.